The van der Waals surface area contributed by atoms with Crippen molar-refractivity contribution >= 4 is 17.2 Å². The number of benzene rings is 2. The molecule has 13 heteroatoms. The number of nitrogens with zero attached hydrogens (tertiary/aromatic N) is 6. The first-order valence-electron chi connectivity index (χ1n) is 10.4. The Kier molecular flexibility index (Phi) is 5.59. The molecule has 0 unspecified atom stereocenters. The maximum Gasteiger partial charge on any atom is 0.435 e. The summed E-state index contributed by atoms with van der Waals surface area (Å²) in [5.41, 5.74) is -1.63. The van der Waals surface area contributed by atoms with Crippen LogP contribution < -0.4 is 11.0 Å². The van der Waals surface area contributed by atoms with Gasteiger partial charge in [0.2, 0.25) is 0 Å². The molecule has 0 saturated heterocycles. The Morgan fingerprint density at radius 2 is 1.78 bits per heavy atom. The van der Waals surface area contributed by atoms with E-state index in [-0.39, 0.29) is 23.6 Å². The van der Waals surface area contributed by atoms with E-state index in [1.807, 2.05) is 0 Å². The number of hydrogen-bond acceptors (Lipinski definition) is 5. The van der Waals surface area contributed by atoms with Gasteiger partial charge in [-0.25, -0.2) is 18.5 Å². The summed E-state index contributed by atoms with van der Waals surface area (Å²) >= 11 is 0. The van der Waals surface area contributed by atoms with Crippen LogP contribution in [0.1, 0.15) is 21.7 Å². The lowest BCUT2D eigenvalue weighted by Crippen LogP contribution is -2.22. The molecule has 182 valence electrons. The normalized spacial score (nSPS) is 11.7. The fourth-order valence-corrected chi connectivity index (χ4v) is 3.63. The van der Waals surface area contributed by atoms with E-state index in [9.17, 15) is 27.2 Å². The Balaban J connectivity index is 1.42. The summed E-state index contributed by atoms with van der Waals surface area (Å²) in [6.07, 6.45) is -3.40. The second kappa shape index (κ2) is 8.76. The largest absolute Gasteiger partial charge is 0.435 e. The quantitative estimate of drug-likeness (QED) is 0.375. The zero-order valence-electron chi connectivity index (χ0n) is 18.1. The van der Waals surface area contributed by atoms with Crippen molar-refractivity contribution < 1.29 is 22.4 Å². The number of hydrogen-bond donors (Lipinski definition) is 1. The van der Waals surface area contributed by atoms with Gasteiger partial charge in [0.1, 0.15) is 5.82 Å². The molecule has 3 aromatic heterocycles. The lowest BCUT2D eigenvalue weighted by Gasteiger charge is -2.11. The first-order valence-corrected chi connectivity index (χ1v) is 10.4. The number of carbonyl (C=O) groups excluding carboxylic acids is 1. The Labute approximate surface area is 199 Å². The van der Waals surface area contributed by atoms with Crippen LogP contribution in [0, 0.1) is 5.82 Å². The molecule has 0 saturated carbocycles. The van der Waals surface area contributed by atoms with E-state index in [1.165, 1.54) is 21.2 Å². The lowest BCUT2D eigenvalue weighted by atomic mass is 10.2. The minimum atomic E-state index is -4.98. The number of rotatable bonds is 5. The van der Waals surface area contributed by atoms with Gasteiger partial charge in [0.25, 0.3) is 5.91 Å². The number of halogens is 4. The number of nitrogens with one attached hydrogen (secondary N) is 1. The number of pyridine rings is 1. The average molecular weight is 497 g/mol. The first kappa shape index (κ1) is 23.0. The van der Waals surface area contributed by atoms with Gasteiger partial charge >= 0.3 is 11.9 Å². The summed E-state index contributed by atoms with van der Waals surface area (Å²) in [4.78, 5) is 25.3. The van der Waals surface area contributed by atoms with Crippen molar-refractivity contribution in [2.75, 3.05) is 5.32 Å². The van der Waals surface area contributed by atoms with Gasteiger partial charge in [0.15, 0.2) is 17.0 Å². The molecular weight excluding hydrogens is 482 g/mol. The maximum atomic E-state index is 13.8. The monoisotopic (exact) mass is 497 g/mol. The topological polar surface area (TPSA) is 99.1 Å². The highest BCUT2D eigenvalue weighted by molar-refractivity contribution is 6.03. The minimum absolute atomic E-state index is 0.0682. The number of amides is 1. The van der Waals surface area contributed by atoms with Crippen LogP contribution in [0.25, 0.3) is 11.3 Å². The second-order valence-corrected chi connectivity index (χ2v) is 7.70. The average Bonchev–Trinajstić information content (AvgIpc) is 3.42. The molecule has 1 amide bonds. The smallest absolute Gasteiger partial charge is 0.321 e. The molecule has 5 aromatic rings. The Morgan fingerprint density at radius 3 is 2.50 bits per heavy atom. The van der Waals surface area contributed by atoms with Crippen molar-refractivity contribution in [1.82, 2.24) is 29.2 Å². The molecule has 3 heterocycles. The van der Waals surface area contributed by atoms with Crippen LogP contribution in [-0.2, 0) is 12.7 Å². The Bertz CT molecular complexity index is 1640. The van der Waals surface area contributed by atoms with E-state index < -0.39 is 29.3 Å². The van der Waals surface area contributed by atoms with Crippen LogP contribution in [0.5, 0.6) is 0 Å². The maximum absolute atomic E-state index is 13.8. The molecule has 0 spiro atoms. The highest BCUT2D eigenvalue weighted by Gasteiger charge is 2.42. The minimum Gasteiger partial charge on any atom is -0.321 e. The molecule has 0 atom stereocenters. The van der Waals surface area contributed by atoms with Gasteiger partial charge < -0.3 is 5.32 Å². The number of alkyl halides is 3. The third kappa shape index (κ3) is 4.33. The molecule has 1 N–H and O–H groups in total. The Hall–Kier alpha value is -4.81. The van der Waals surface area contributed by atoms with Crippen LogP contribution in [-0.4, -0.2) is 35.1 Å². The lowest BCUT2D eigenvalue weighted by molar-refractivity contribution is -0.143. The van der Waals surface area contributed by atoms with Gasteiger partial charge in [0.05, 0.1) is 12.2 Å². The van der Waals surface area contributed by atoms with Crippen molar-refractivity contribution in [2.24, 2.45) is 0 Å². The van der Waals surface area contributed by atoms with Gasteiger partial charge in [-0.1, -0.05) is 23.4 Å². The summed E-state index contributed by atoms with van der Waals surface area (Å²) in [6.45, 7) is 0.0682. The molecule has 0 aliphatic heterocycles. The van der Waals surface area contributed by atoms with E-state index in [1.54, 1.807) is 36.5 Å². The highest BCUT2D eigenvalue weighted by Crippen LogP contribution is 2.33. The van der Waals surface area contributed by atoms with Crippen LogP contribution in [0.15, 0.2) is 77.7 Å². The molecule has 0 radical (unpaired) electrons. The standard InChI is InChI=1S/C23H15F4N7O2/c24-15-7-9-17(10-8-15)34-20(23(25,26)27)19(29-31-34)21(35)28-16-5-3-4-14(12-16)13-33-22(36)32-11-2-1-6-18(32)30-33/h1-12H,13H2,(H,28,35). The van der Waals surface area contributed by atoms with Crippen molar-refractivity contribution in [3.05, 3.63) is 106 Å². The van der Waals surface area contributed by atoms with Crippen LogP contribution in [0.3, 0.4) is 0 Å². The van der Waals surface area contributed by atoms with Gasteiger partial charge in [-0.05, 0) is 54.1 Å². The molecule has 0 fully saturated rings. The van der Waals surface area contributed by atoms with Crippen molar-refractivity contribution in [3.63, 3.8) is 0 Å². The third-order valence-electron chi connectivity index (χ3n) is 5.23. The van der Waals surface area contributed by atoms with Gasteiger partial charge in [-0.3, -0.25) is 9.20 Å². The van der Waals surface area contributed by atoms with E-state index in [0.29, 0.717) is 15.9 Å². The van der Waals surface area contributed by atoms with Crippen molar-refractivity contribution in [2.45, 2.75) is 12.7 Å². The van der Waals surface area contributed by atoms with E-state index >= 15 is 0 Å². The zero-order chi connectivity index (χ0) is 25.4. The summed E-state index contributed by atoms with van der Waals surface area (Å²) in [7, 11) is 0. The van der Waals surface area contributed by atoms with Gasteiger partial charge in [0, 0.05) is 11.9 Å². The number of anilines is 1. The van der Waals surface area contributed by atoms with E-state index in [0.717, 1.165) is 24.3 Å². The molecule has 0 bridgehead atoms. The Morgan fingerprint density at radius 1 is 1.00 bits per heavy atom. The number of aromatic nitrogens is 6. The molecule has 36 heavy (non-hydrogen) atoms. The summed E-state index contributed by atoms with van der Waals surface area (Å²) in [5.74, 6) is -1.78. The van der Waals surface area contributed by atoms with Crippen LogP contribution >= 0.6 is 0 Å². The molecule has 9 nitrogen and oxygen atoms in total. The fraction of sp³-hybridized carbons (Fsp3) is 0.0870. The fourth-order valence-electron chi connectivity index (χ4n) is 3.63. The van der Waals surface area contributed by atoms with Gasteiger partial charge in [-0.15, -0.1) is 10.2 Å². The summed E-state index contributed by atoms with van der Waals surface area (Å²) in [5, 5.41) is 13.5. The second-order valence-electron chi connectivity index (χ2n) is 7.70. The highest BCUT2D eigenvalue weighted by atomic mass is 19.4. The summed E-state index contributed by atoms with van der Waals surface area (Å²) < 4.78 is 57.8. The zero-order valence-corrected chi connectivity index (χ0v) is 18.1. The molecule has 5 rings (SSSR count). The number of fused-ring (bicyclic) bond motifs is 1. The van der Waals surface area contributed by atoms with Crippen molar-refractivity contribution in [1.29, 1.82) is 0 Å². The van der Waals surface area contributed by atoms with Crippen molar-refractivity contribution in [3.8, 4) is 5.69 Å². The molecular formula is C23H15F4N7O2. The molecule has 0 aliphatic rings. The predicted octanol–water partition coefficient (Wildman–Crippen LogP) is 3.54. The van der Waals surface area contributed by atoms with Crippen LogP contribution in [0.4, 0.5) is 23.2 Å². The number of carbonyl (C=O) groups is 1. The first-order chi connectivity index (χ1) is 17.2. The third-order valence-corrected chi connectivity index (χ3v) is 5.23. The van der Waals surface area contributed by atoms with Crippen LogP contribution in [0.2, 0.25) is 0 Å². The predicted molar refractivity (Wildman–Crippen MR) is 119 cm³/mol. The molecule has 0 aliphatic carbocycles. The van der Waals surface area contributed by atoms with E-state index in [2.05, 4.69) is 20.7 Å². The summed E-state index contributed by atoms with van der Waals surface area (Å²) in [6, 6.07) is 15.5. The molecule has 2 aromatic carbocycles. The van der Waals surface area contributed by atoms with E-state index in [4.69, 9.17) is 0 Å². The van der Waals surface area contributed by atoms with Gasteiger partial charge in [-0.2, -0.15) is 13.2 Å². The SMILES string of the molecule is O=C(Nc1cccc(Cn2nc3ccccn3c2=O)c1)c1nnn(-c2ccc(F)cc2)c1C(F)(F)F.